The van der Waals surface area contributed by atoms with Gasteiger partial charge in [0.2, 0.25) is 5.88 Å². The van der Waals surface area contributed by atoms with Crippen LogP contribution in [0.5, 0.6) is 11.5 Å². The molecule has 0 spiro atoms. The third-order valence-electron chi connectivity index (χ3n) is 5.86. The molecule has 2 atom stereocenters. The van der Waals surface area contributed by atoms with Crippen molar-refractivity contribution in [3.05, 3.63) is 82.2 Å². The predicted molar refractivity (Wildman–Crippen MR) is 107 cm³/mol. The smallest absolute Gasteiger partial charge is 0.233 e. The minimum Gasteiger partial charge on any atom is -0.508 e. The minimum atomic E-state index is -0.300. The number of rotatable bonds is 2. The number of aromatic hydroxyl groups is 2. The Morgan fingerprint density at radius 2 is 1.83 bits per heavy atom. The Hall–Kier alpha value is -3.54. The molecule has 2 aromatic carbocycles. The van der Waals surface area contributed by atoms with Gasteiger partial charge in [-0.15, -0.1) is 0 Å². The van der Waals surface area contributed by atoms with Crippen LogP contribution in [0.4, 0.5) is 5.88 Å². The van der Waals surface area contributed by atoms with Crippen LogP contribution in [0.25, 0.3) is 0 Å². The second-order valence-electron chi connectivity index (χ2n) is 7.64. The monoisotopic (exact) mass is 388 g/mol. The SMILES string of the molecule is Cc1noc2c1C(c1ccc(O)cc1)C1=C(CC(c3ccccc3O)CC1=O)N2. The van der Waals surface area contributed by atoms with E-state index in [1.54, 1.807) is 24.3 Å². The average Bonchev–Trinajstić information content (AvgIpc) is 3.08. The molecule has 29 heavy (non-hydrogen) atoms. The van der Waals surface area contributed by atoms with Crippen molar-refractivity contribution < 1.29 is 19.5 Å². The zero-order chi connectivity index (χ0) is 20.1. The van der Waals surface area contributed by atoms with Crippen molar-refractivity contribution in [3.63, 3.8) is 0 Å². The van der Waals surface area contributed by atoms with Crippen molar-refractivity contribution in [2.75, 3.05) is 5.32 Å². The molecule has 3 N–H and O–H groups in total. The van der Waals surface area contributed by atoms with Gasteiger partial charge in [0.1, 0.15) is 11.5 Å². The molecule has 1 aliphatic carbocycles. The minimum absolute atomic E-state index is 0.0383. The first-order valence-electron chi connectivity index (χ1n) is 9.59. The van der Waals surface area contributed by atoms with Crippen LogP contribution >= 0.6 is 0 Å². The maximum absolute atomic E-state index is 13.3. The number of hydrogen-bond acceptors (Lipinski definition) is 6. The number of anilines is 1. The summed E-state index contributed by atoms with van der Waals surface area (Å²) in [6, 6.07) is 14.1. The number of carbonyl (C=O) groups is 1. The van der Waals surface area contributed by atoms with Gasteiger partial charge in [-0.3, -0.25) is 4.79 Å². The number of carbonyl (C=O) groups excluding carboxylic acids is 1. The summed E-state index contributed by atoms with van der Waals surface area (Å²) in [5.74, 6) is 0.554. The topological polar surface area (TPSA) is 95.6 Å². The Kier molecular flexibility index (Phi) is 3.94. The number of allylic oxidation sites excluding steroid dienone is 2. The van der Waals surface area contributed by atoms with Gasteiger partial charge in [-0.1, -0.05) is 35.5 Å². The molecule has 0 saturated heterocycles. The van der Waals surface area contributed by atoms with E-state index in [1.807, 2.05) is 31.2 Å². The van der Waals surface area contributed by atoms with Crippen molar-refractivity contribution in [3.8, 4) is 11.5 Å². The van der Waals surface area contributed by atoms with Crippen LogP contribution in [0.1, 0.15) is 47.1 Å². The molecule has 2 aliphatic rings. The molecule has 3 aromatic rings. The summed E-state index contributed by atoms with van der Waals surface area (Å²) in [6.45, 7) is 1.86. The lowest BCUT2D eigenvalue weighted by Crippen LogP contribution is -2.29. The van der Waals surface area contributed by atoms with E-state index in [1.165, 1.54) is 0 Å². The van der Waals surface area contributed by atoms with Gasteiger partial charge >= 0.3 is 0 Å². The molecule has 146 valence electrons. The fraction of sp³-hybridized carbons (Fsp3) is 0.217. The largest absolute Gasteiger partial charge is 0.508 e. The van der Waals surface area contributed by atoms with Gasteiger partial charge in [-0.05, 0) is 42.7 Å². The van der Waals surface area contributed by atoms with E-state index in [-0.39, 0.29) is 29.1 Å². The number of benzene rings is 2. The van der Waals surface area contributed by atoms with E-state index in [0.717, 1.165) is 28.1 Å². The molecule has 0 bridgehead atoms. The van der Waals surface area contributed by atoms with Crippen molar-refractivity contribution in [1.82, 2.24) is 5.16 Å². The molecule has 0 saturated carbocycles. The third-order valence-corrected chi connectivity index (χ3v) is 5.86. The van der Waals surface area contributed by atoms with E-state index in [2.05, 4.69) is 10.5 Å². The van der Waals surface area contributed by atoms with E-state index in [9.17, 15) is 15.0 Å². The van der Waals surface area contributed by atoms with Gasteiger partial charge in [-0.2, -0.15) is 0 Å². The van der Waals surface area contributed by atoms with Gasteiger partial charge in [0, 0.05) is 29.5 Å². The highest BCUT2D eigenvalue weighted by molar-refractivity contribution is 6.01. The highest BCUT2D eigenvalue weighted by Gasteiger charge is 2.41. The molecule has 5 rings (SSSR count). The standard InChI is InChI=1S/C23H20N2O4/c1-12-20-21(13-6-8-15(26)9-7-13)22-17(24-23(20)29-25-12)10-14(11-19(22)28)16-4-2-3-5-18(16)27/h2-9,14,21,24,26-27H,10-11H2,1H3. The molecular weight excluding hydrogens is 368 g/mol. The van der Waals surface area contributed by atoms with Gasteiger partial charge in [0.15, 0.2) is 5.78 Å². The van der Waals surface area contributed by atoms with Crippen LogP contribution in [-0.4, -0.2) is 21.2 Å². The van der Waals surface area contributed by atoms with Gasteiger partial charge in [0.05, 0.1) is 11.3 Å². The number of fused-ring (bicyclic) bond motifs is 1. The first kappa shape index (κ1) is 17.6. The highest BCUT2D eigenvalue weighted by atomic mass is 16.5. The zero-order valence-electron chi connectivity index (χ0n) is 15.8. The average molecular weight is 388 g/mol. The molecular formula is C23H20N2O4. The Balaban J connectivity index is 1.63. The zero-order valence-corrected chi connectivity index (χ0v) is 15.8. The number of para-hydroxylation sites is 1. The van der Waals surface area contributed by atoms with E-state index in [4.69, 9.17) is 4.52 Å². The molecule has 0 amide bonds. The van der Waals surface area contributed by atoms with Crippen molar-refractivity contribution in [2.24, 2.45) is 0 Å². The molecule has 0 radical (unpaired) electrons. The second-order valence-corrected chi connectivity index (χ2v) is 7.64. The second kappa shape index (κ2) is 6.51. The third kappa shape index (κ3) is 2.79. The van der Waals surface area contributed by atoms with Crippen molar-refractivity contribution >= 4 is 11.7 Å². The van der Waals surface area contributed by atoms with E-state index < -0.39 is 0 Å². The fourth-order valence-corrected chi connectivity index (χ4v) is 4.53. The van der Waals surface area contributed by atoms with E-state index in [0.29, 0.717) is 24.3 Å². The van der Waals surface area contributed by atoms with E-state index >= 15 is 0 Å². The summed E-state index contributed by atoms with van der Waals surface area (Å²) in [7, 11) is 0. The van der Waals surface area contributed by atoms with Crippen molar-refractivity contribution in [2.45, 2.75) is 31.6 Å². The number of hydrogen-bond donors (Lipinski definition) is 3. The van der Waals surface area contributed by atoms with Crippen LogP contribution in [0.15, 0.2) is 64.3 Å². The Morgan fingerprint density at radius 3 is 2.59 bits per heavy atom. The lowest BCUT2D eigenvalue weighted by Gasteiger charge is -2.34. The number of phenolic OH excluding ortho intramolecular Hbond substituents is 2. The Labute approximate surface area is 167 Å². The van der Waals surface area contributed by atoms with Gasteiger partial charge < -0.3 is 20.1 Å². The van der Waals surface area contributed by atoms with Crippen molar-refractivity contribution in [1.29, 1.82) is 0 Å². The molecule has 0 fully saturated rings. The number of phenols is 2. The predicted octanol–water partition coefficient (Wildman–Crippen LogP) is 4.35. The lowest BCUT2D eigenvalue weighted by atomic mass is 9.72. The van der Waals surface area contributed by atoms with Crippen LogP contribution < -0.4 is 5.32 Å². The number of nitrogens with zero attached hydrogens (tertiary/aromatic N) is 1. The number of aryl methyl sites for hydroxylation is 1. The maximum atomic E-state index is 13.3. The number of ketones is 1. The highest BCUT2D eigenvalue weighted by Crippen LogP contribution is 2.49. The Bertz CT molecular complexity index is 1140. The van der Waals surface area contributed by atoms with Crippen LogP contribution in [0.3, 0.4) is 0 Å². The van der Waals surface area contributed by atoms with Crippen LogP contribution in [-0.2, 0) is 4.79 Å². The molecule has 6 nitrogen and oxygen atoms in total. The van der Waals surface area contributed by atoms with Crippen LogP contribution in [0, 0.1) is 6.92 Å². The summed E-state index contributed by atoms with van der Waals surface area (Å²) in [4.78, 5) is 13.3. The molecule has 1 aliphatic heterocycles. The number of Topliss-reactive ketones (excluding diaryl/α,β-unsaturated/α-hetero) is 1. The molecule has 2 unspecified atom stereocenters. The molecule has 1 aromatic heterocycles. The summed E-state index contributed by atoms with van der Waals surface area (Å²) >= 11 is 0. The summed E-state index contributed by atoms with van der Waals surface area (Å²) < 4.78 is 5.51. The summed E-state index contributed by atoms with van der Waals surface area (Å²) in [5, 5.41) is 27.3. The number of nitrogens with one attached hydrogen (secondary N) is 1. The normalized spacial score (nSPS) is 20.8. The van der Waals surface area contributed by atoms with Gasteiger partial charge in [-0.25, -0.2) is 0 Å². The first-order valence-corrected chi connectivity index (χ1v) is 9.59. The molecule has 2 heterocycles. The quantitative estimate of drug-likeness (QED) is 0.604. The molecule has 6 heteroatoms. The fourth-order valence-electron chi connectivity index (χ4n) is 4.53. The lowest BCUT2D eigenvalue weighted by molar-refractivity contribution is -0.116. The van der Waals surface area contributed by atoms with Crippen LogP contribution in [0.2, 0.25) is 0 Å². The summed E-state index contributed by atoms with van der Waals surface area (Å²) in [5.41, 5.74) is 4.77. The number of aromatic nitrogens is 1. The van der Waals surface area contributed by atoms with Gasteiger partial charge in [0.25, 0.3) is 0 Å². The summed E-state index contributed by atoms with van der Waals surface area (Å²) in [6.07, 6.45) is 0.915. The first-order chi connectivity index (χ1) is 14.0. The Morgan fingerprint density at radius 1 is 1.07 bits per heavy atom. The maximum Gasteiger partial charge on any atom is 0.233 e.